The number of fused-ring (bicyclic) bond motifs is 1. The standard InChI is InChI=1S/C15H20N2O2/c1-2-17-8-9-19-13(10-17)15(18)12-6-5-11-4-3-7-16-14(11)12/h3-4,7,12-13H,2,5-6,8-10H2,1H3. The van der Waals surface area contributed by atoms with Gasteiger partial charge >= 0.3 is 0 Å². The minimum absolute atomic E-state index is 0.0574. The lowest BCUT2D eigenvalue weighted by Crippen LogP contribution is -2.47. The first-order chi connectivity index (χ1) is 9.29. The number of carbonyl (C=O) groups is 1. The second-order valence-electron chi connectivity index (χ2n) is 5.29. The van der Waals surface area contributed by atoms with E-state index in [4.69, 9.17) is 4.74 Å². The summed E-state index contributed by atoms with van der Waals surface area (Å²) < 4.78 is 5.68. The summed E-state index contributed by atoms with van der Waals surface area (Å²) in [5.41, 5.74) is 2.20. The van der Waals surface area contributed by atoms with Gasteiger partial charge in [0.25, 0.3) is 0 Å². The first kappa shape index (κ1) is 12.8. The van der Waals surface area contributed by atoms with E-state index in [9.17, 15) is 4.79 Å². The average molecular weight is 260 g/mol. The summed E-state index contributed by atoms with van der Waals surface area (Å²) >= 11 is 0. The molecule has 1 aromatic heterocycles. The van der Waals surface area contributed by atoms with Gasteiger partial charge in [0, 0.05) is 19.3 Å². The van der Waals surface area contributed by atoms with Gasteiger partial charge in [0.05, 0.1) is 18.2 Å². The first-order valence-corrected chi connectivity index (χ1v) is 7.11. The Labute approximate surface area is 113 Å². The fourth-order valence-electron chi connectivity index (χ4n) is 3.08. The Hall–Kier alpha value is -1.26. The third kappa shape index (κ3) is 2.42. The highest BCUT2D eigenvalue weighted by molar-refractivity contribution is 5.90. The number of aromatic nitrogens is 1. The van der Waals surface area contributed by atoms with Gasteiger partial charge in [-0.15, -0.1) is 0 Å². The summed E-state index contributed by atoms with van der Waals surface area (Å²) in [6.07, 6.45) is 3.36. The number of hydrogen-bond donors (Lipinski definition) is 0. The number of rotatable bonds is 3. The molecule has 4 nitrogen and oxygen atoms in total. The molecule has 1 aromatic rings. The SMILES string of the molecule is CCN1CCOC(C(=O)C2CCc3cccnc32)C1. The van der Waals surface area contributed by atoms with Crippen molar-refractivity contribution in [1.29, 1.82) is 0 Å². The number of Topliss-reactive ketones (excluding diaryl/α,β-unsaturated/α-hetero) is 1. The predicted octanol–water partition coefficient (Wildman–Crippen LogP) is 1.40. The van der Waals surface area contributed by atoms with Gasteiger partial charge in [0.1, 0.15) is 6.10 Å². The van der Waals surface area contributed by atoms with E-state index < -0.39 is 0 Å². The number of ether oxygens (including phenoxy) is 1. The molecular formula is C15H20N2O2. The minimum Gasteiger partial charge on any atom is -0.368 e. The van der Waals surface area contributed by atoms with Crippen LogP contribution in [-0.4, -0.2) is 48.0 Å². The molecule has 0 radical (unpaired) electrons. The van der Waals surface area contributed by atoms with Crippen LogP contribution in [0.2, 0.25) is 0 Å². The number of morpholine rings is 1. The third-order valence-corrected chi connectivity index (χ3v) is 4.22. The number of likely N-dealkylation sites (N-methyl/N-ethyl adjacent to an activating group) is 1. The second-order valence-corrected chi connectivity index (χ2v) is 5.29. The summed E-state index contributed by atoms with van der Waals surface area (Å²) in [5, 5.41) is 0. The smallest absolute Gasteiger partial charge is 0.171 e. The number of carbonyl (C=O) groups excluding carboxylic acids is 1. The van der Waals surface area contributed by atoms with Crippen molar-refractivity contribution < 1.29 is 9.53 Å². The van der Waals surface area contributed by atoms with Crippen LogP contribution in [0.3, 0.4) is 0 Å². The molecule has 2 atom stereocenters. The van der Waals surface area contributed by atoms with E-state index in [1.54, 1.807) is 6.20 Å². The Morgan fingerprint density at radius 2 is 2.47 bits per heavy atom. The molecule has 1 aliphatic carbocycles. The highest BCUT2D eigenvalue weighted by Crippen LogP contribution is 2.33. The normalized spacial score (nSPS) is 27.2. The zero-order valence-corrected chi connectivity index (χ0v) is 11.3. The molecule has 0 bridgehead atoms. The summed E-state index contributed by atoms with van der Waals surface area (Å²) in [7, 11) is 0. The van der Waals surface area contributed by atoms with Crippen molar-refractivity contribution in [3.05, 3.63) is 29.6 Å². The first-order valence-electron chi connectivity index (χ1n) is 7.11. The van der Waals surface area contributed by atoms with Gasteiger partial charge in [-0.1, -0.05) is 13.0 Å². The maximum absolute atomic E-state index is 12.6. The van der Waals surface area contributed by atoms with Gasteiger partial charge < -0.3 is 4.74 Å². The number of hydrogen-bond acceptors (Lipinski definition) is 4. The summed E-state index contributed by atoms with van der Waals surface area (Å²) in [4.78, 5) is 19.3. The zero-order valence-electron chi connectivity index (χ0n) is 11.3. The fourth-order valence-corrected chi connectivity index (χ4v) is 3.08. The fraction of sp³-hybridized carbons (Fsp3) is 0.600. The van der Waals surface area contributed by atoms with Crippen molar-refractivity contribution in [3.8, 4) is 0 Å². The van der Waals surface area contributed by atoms with Crippen LogP contribution in [0.25, 0.3) is 0 Å². The number of nitrogens with zero attached hydrogens (tertiary/aromatic N) is 2. The molecule has 4 heteroatoms. The van der Waals surface area contributed by atoms with Gasteiger partial charge in [0.15, 0.2) is 5.78 Å². The van der Waals surface area contributed by atoms with Crippen molar-refractivity contribution in [1.82, 2.24) is 9.88 Å². The molecule has 19 heavy (non-hydrogen) atoms. The molecule has 1 aliphatic heterocycles. The topological polar surface area (TPSA) is 42.4 Å². The average Bonchev–Trinajstić information content (AvgIpc) is 2.90. The molecule has 0 aromatic carbocycles. The van der Waals surface area contributed by atoms with Crippen LogP contribution < -0.4 is 0 Å². The second kappa shape index (κ2) is 5.39. The van der Waals surface area contributed by atoms with Crippen molar-refractivity contribution in [2.75, 3.05) is 26.2 Å². The third-order valence-electron chi connectivity index (χ3n) is 4.22. The molecule has 0 saturated carbocycles. The Morgan fingerprint density at radius 1 is 1.58 bits per heavy atom. The van der Waals surface area contributed by atoms with Crippen LogP contribution in [0, 0.1) is 0 Å². The van der Waals surface area contributed by atoms with Crippen molar-refractivity contribution in [2.45, 2.75) is 31.8 Å². The Balaban J connectivity index is 1.75. The van der Waals surface area contributed by atoms with Crippen LogP contribution in [0.1, 0.15) is 30.5 Å². The maximum Gasteiger partial charge on any atom is 0.171 e. The van der Waals surface area contributed by atoms with Gasteiger partial charge in [-0.2, -0.15) is 0 Å². The molecule has 0 spiro atoms. The molecular weight excluding hydrogens is 240 g/mol. The largest absolute Gasteiger partial charge is 0.368 e. The molecule has 2 unspecified atom stereocenters. The number of pyridine rings is 1. The lowest BCUT2D eigenvalue weighted by atomic mass is 9.96. The summed E-state index contributed by atoms with van der Waals surface area (Å²) in [6.45, 7) is 5.42. The monoisotopic (exact) mass is 260 g/mol. The van der Waals surface area contributed by atoms with E-state index in [0.29, 0.717) is 6.61 Å². The van der Waals surface area contributed by atoms with Crippen LogP contribution in [0.4, 0.5) is 0 Å². The summed E-state index contributed by atoms with van der Waals surface area (Å²) in [6, 6.07) is 4.03. The number of aryl methyl sites for hydroxylation is 1. The van der Waals surface area contributed by atoms with Gasteiger partial charge in [-0.05, 0) is 31.0 Å². The highest BCUT2D eigenvalue weighted by Gasteiger charge is 2.36. The van der Waals surface area contributed by atoms with E-state index in [0.717, 1.165) is 38.2 Å². The van der Waals surface area contributed by atoms with Crippen molar-refractivity contribution in [3.63, 3.8) is 0 Å². The van der Waals surface area contributed by atoms with E-state index in [1.165, 1.54) is 5.56 Å². The van der Waals surface area contributed by atoms with Gasteiger partial charge in [0.2, 0.25) is 0 Å². The van der Waals surface area contributed by atoms with Gasteiger partial charge in [-0.25, -0.2) is 0 Å². The van der Waals surface area contributed by atoms with Crippen LogP contribution >= 0.6 is 0 Å². The molecule has 102 valence electrons. The molecule has 0 amide bonds. The summed E-state index contributed by atoms with van der Waals surface area (Å²) in [5.74, 6) is 0.161. The van der Waals surface area contributed by atoms with E-state index in [-0.39, 0.29) is 17.8 Å². The molecule has 2 aliphatic rings. The van der Waals surface area contributed by atoms with E-state index >= 15 is 0 Å². The van der Waals surface area contributed by atoms with Crippen LogP contribution in [0.15, 0.2) is 18.3 Å². The van der Waals surface area contributed by atoms with Crippen molar-refractivity contribution in [2.24, 2.45) is 0 Å². The van der Waals surface area contributed by atoms with E-state index in [2.05, 4.69) is 22.9 Å². The maximum atomic E-state index is 12.6. The molecule has 1 saturated heterocycles. The highest BCUT2D eigenvalue weighted by atomic mass is 16.5. The lowest BCUT2D eigenvalue weighted by molar-refractivity contribution is -0.137. The van der Waals surface area contributed by atoms with Crippen molar-refractivity contribution >= 4 is 5.78 Å². The number of ketones is 1. The Morgan fingerprint density at radius 3 is 3.32 bits per heavy atom. The molecule has 0 N–H and O–H groups in total. The molecule has 1 fully saturated rings. The zero-order chi connectivity index (χ0) is 13.2. The van der Waals surface area contributed by atoms with E-state index in [1.807, 2.05) is 6.07 Å². The molecule has 2 heterocycles. The Kier molecular flexibility index (Phi) is 3.62. The van der Waals surface area contributed by atoms with Gasteiger partial charge in [-0.3, -0.25) is 14.7 Å². The lowest BCUT2D eigenvalue weighted by Gasteiger charge is -2.32. The minimum atomic E-state index is -0.272. The quantitative estimate of drug-likeness (QED) is 0.824. The van der Waals surface area contributed by atoms with Crippen LogP contribution in [0.5, 0.6) is 0 Å². The Bertz CT molecular complexity index is 475. The van der Waals surface area contributed by atoms with Crippen LogP contribution in [-0.2, 0) is 16.0 Å². The molecule has 3 rings (SSSR count). The predicted molar refractivity (Wildman–Crippen MR) is 72.2 cm³/mol.